The summed E-state index contributed by atoms with van der Waals surface area (Å²) in [5.41, 5.74) is 3.61. The number of benzene rings is 1. The van der Waals surface area contributed by atoms with Crippen LogP contribution in [0.5, 0.6) is 0 Å². The minimum absolute atomic E-state index is 0.680. The number of fused-ring (bicyclic) bond motifs is 1. The summed E-state index contributed by atoms with van der Waals surface area (Å²) in [6.07, 6.45) is 2.94. The second-order valence-corrected chi connectivity index (χ2v) is 4.97. The fourth-order valence-corrected chi connectivity index (χ4v) is 1.98. The van der Waals surface area contributed by atoms with Gasteiger partial charge in [0.25, 0.3) is 0 Å². The number of hydrogen-bond acceptors (Lipinski definition) is 2. The van der Waals surface area contributed by atoms with Gasteiger partial charge in [-0.15, -0.1) is 0 Å². The Balaban J connectivity index is 2.16. The van der Waals surface area contributed by atoms with E-state index in [9.17, 15) is 0 Å². The van der Waals surface area contributed by atoms with Crippen LogP contribution in [0.25, 0.3) is 11.0 Å². The number of furan rings is 1. The molecule has 1 heterocycles. The number of rotatable bonds is 5. The lowest BCUT2D eigenvalue weighted by Crippen LogP contribution is -2.18. The molecule has 0 aliphatic rings. The van der Waals surface area contributed by atoms with Crippen LogP contribution in [0, 0.1) is 5.92 Å². The molecule has 0 aliphatic heterocycles. The monoisotopic (exact) mass is 231 g/mol. The van der Waals surface area contributed by atoms with E-state index < -0.39 is 0 Å². The maximum Gasteiger partial charge on any atom is 0.134 e. The standard InChI is InChI=1S/C15H21NO/c1-4-12-5-6-15-14(7-12)13(10-17-15)9-16-8-11(2)3/h5-7,10-11,16H,4,8-9H2,1-3H3. The minimum Gasteiger partial charge on any atom is -0.464 e. The largest absolute Gasteiger partial charge is 0.464 e. The highest BCUT2D eigenvalue weighted by Gasteiger charge is 2.06. The zero-order valence-corrected chi connectivity index (χ0v) is 10.9. The molecule has 0 spiro atoms. The molecule has 0 amide bonds. The van der Waals surface area contributed by atoms with Gasteiger partial charge in [-0.25, -0.2) is 0 Å². The van der Waals surface area contributed by atoms with Gasteiger partial charge in [-0.3, -0.25) is 0 Å². The molecule has 1 N–H and O–H groups in total. The Morgan fingerprint density at radius 3 is 2.82 bits per heavy atom. The summed E-state index contributed by atoms with van der Waals surface area (Å²) in [5, 5.41) is 4.71. The molecule has 2 heteroatoms. The average Bonchev–Trinajstić information content (AvgIpc) is 2.71. The van der Waals surface area contributed by atoms with Gasteiger partial charge in [0.1, 0.15) is 5.58 Å². The van der Waals surface area contributed by atoms with Crippen molar-refractivity contribution in [3.05, 3.63) is 35.6 Å². The molecule has 0 radical (unpaired) electrons. The predicted octanol–water partition coefficient (Wildman–Crippen LogP) is 3.74. The third-order valence-corrected chi connectivity index (χ3v) is 2.99. The van der Waals surface area contributed by atoms with Crippen LogP contribution in [0.4, 0.5) is 0 Å². The summed E-state index contributed by atoms with van der Waals surface area (Å²) in [6.45, 7) is 8.54. The van der Waals surface area contributed by atoms with Crippen molar-refractivity contribution in [1.82, 2.24) is 5.32 Å². The molecular formula is C15H21NO. The minimum atomic E-state index is 0.680. The molecule has 92 valence electrons. The quantitative estimate of drug-likeness (QED) is 0.848. The third kappa shape index (κ3) is 2.89. The Bertz CT molecular complexity index is 485. The summed E-state index contributed by atoms with van der Waals surface area (Å²) < 4.78 is 5.57. The highest BCUT2D eigenvalue weighted by molar-refractivity contribution is 5.81. The second kappa shape index (κ2) is 5.37. The van der Waals surface area contributed by atoms with Gasteiger partial charge in [0.15, 0.2) is 0 Å². The average molecular weight is 231 g/mol. The Morgan fingerprint density at radius 1 is 1.29 bits per heavy atom. The Labute approximate surface area is 103 Å². The fraction of sp³-hybridized carbons (Fsp3) is 0.467. The first-order valence-electron chi connectivity index (χ1n) is 6.40. The molecule has 0 unspecified atom stereocenters. The molecule has 17 heavy (non-hydrogen) atoms. The van der Waals surface area contributed by atoms with E-state index in [2.05, 4.69) is 44.3 Å². The molecule has 1 aromatic carbocycles. The molecular weight excluding hydrogens is 210 g/mol. The van der Waals surface area contributed by atoms with Crippen LogP contribution in [-0.2, 0) is 13.0 Å². The van der Waals surface area contributed by atoms with Crippen LogP contribution < -0.4 is 5.32 Å². The summed E-state index contributed by atoms with van der Waals surface area (Å²) in [4.78, 5) is 0. The number of aryl methyl sites for hydroxylation is 1. The molecule has 1 aromatic heterocycles. The normalized spacial score (nSPS) is 11.5. The number of hydrogen-bond donors (Lipinski definition) is 1. The van der Waals surface area contributed by atoms with Gasteiger partial charge >= 0.3 is 0 Å². The van der Waals surface area contributed by atoms with Crippen LogP contribution in [0.15, 0.2) is 28.9 Å². The molecule has 2 rings (SSSR count). The summed E-state index contributed by atoms with van der Waals surface area (Å²) in [5.74, 6) is 0.680. The number of nitrogens with one attached hydrogen (secondary N) is 1. The van der Waals surface area contributed by atoms with Crippen molar-refractivity contribution < 1.29 is 4.42 Å². The Kier molecular flexibility index (Phi) is 3.85. The smallest absolute Gasteiger partial charge is 0.134 e. The van der Waals surface area contributed by atoms with E-state index in [-0.39, 0.29) is 0 Å². The lowest BCUT2D eigenvalue weighted by Gasteiger charge is -2.06. The van der Waals surface area contributed by atoms with Crippen LogP contribution in [0.2, 0.25) is 0 Å². The van der Waals surface area contributed by atoms with Crippen molar-refractivity contribution in [2.24, 2.45) is 5.92 Å². The van der Waals surface area contributed by atoms with Crippen LogP contribution in [-0.4, -0.2) is 6.54 Å². The third-order valence-electron chi connectivity index (χ3n) is 2.99. The maximum absolute atomic E-state index is 5.57. The van der Waals surface area contributed by atoms with Crippen molar-refractivity contribution in [2.45, 2.75) is 33.7 Å². The van der Waals surface area contributed by atoms with Crippen LogP contribution in [0.3, 0.4) is 0 Å². The summed E-state index contributed by atoms with van der Waals surface area (Å²) in [6, 6.07) is 6.45. The van der Waals surface area contributed by atoms with Gasteiger partial charge in [-0.05, 0) is 36.6 Å². The lowest BCUT2D eigenvalue weighted by molar-refractivity contribution is 0.547. The van der Waals surface area contributed by atoms with Gasteiger partial charge < -0.3 is 9.73 Å². The van der Waals surface area contributed by atoms with Crippen molar-refractivity contribution in [3.63, 3.8) is 0 Å². The van der Waals surface area contributed by atoms with Gasteiger partial charge in [0.2, 0.25) is 0 Å². The molecule has 2 nitrogen and oxygen atoms in total. The van der Waals surface area contributed by atoms with E-state index in [0.717, 1.165) is 25.1 Å². The molecule has 0 atom stereocenters. The highest BCUT2D eigenvalue weighted by atomic mass is 16.3. The van der Waals surface area contributed by atoms with Gasteiger partial charge in [-0.1, -0.05) is 26.8 Å². The van der Waals surface area contributed by atoms with E-state index >= 15 is 0 Å². The molecule has 0 bridgehead atoms. The topological polar surface area (TPSA) is 25.2 Å². The first-order valence-corrected chi connectivity index (χ1v) is 6.40. The van der Waals surface area contributed by atoms with Gasteiger partial charge in [-0.2, -0.15) is 0 Å². The zero-order chi connectivity index (χ0) is 12.3. The summed E-state index contributed by atoms with van der Waals surface area (Å²) in [7, 11) is 0. The van der Waals surface area contributed by atoms with E-state index in [1.54, 1.807) is 0 Å². The van der Waals surface area contributed by atoms with E-state index in [1.165, 1.54) is 16.5 Å². The fourth-order valence-electron chi connectivity index (χ4n) is 1.98. The molecule has 2 aromatic rings. The molecule has 0 saturated heterocycles. The van der Waals surface area contributed by atoms with E-state index in [1.807, 2.05) is 6.26 Å². The van der Waals surface area contributed by atoms with Crippen LogP contribution in [0.1, 0.15) is 31.9 Å². The highest BCUT2D eigenvalue weighted by Crippen LogP contribution is 2.22. The van der Waals surface area contributed by atoms with Crippen molar-refractivity contribution in [1.29, 1.82) is 0 Å². The van der Waals surface area contributed by atoms with E-state index in [4.69, 9.17) is 4.42 Å². The lowest BCUT2D eigenvalue weighted by atomic mass is 10.1. The Hall–Kier alpha value is -1.28. The second-order valence-electron chi connectivity index (χ2n) is 4.97. The SMILES string of the molecule is CCc1ccc2occ(CNCC(C)C)c2c1. The first kappa shape index (κ1) is 12.2. The molecule has 0 saturated carbocycles. The first-order chi connectivity index (χ1) is 8.20. The Morgan fingerprint density at radius 2 is 2.12 bits per heavy atom. The van der Waals surface area contributed by atoms with Crippen molar-refractivity contribution >= 4 is 11.0 Å². The van der Waals surface area contributed by atoms with Gasteiger partial charge in [0, 0.05) is 17.5 Å². The van der Waals surface area contributed by atoms with Crippen LogP contribution >= 0.6 is 0 Å². The van der Waals surface area contributed by atoms with Crippen molar-refractivity contribution in [3.8, 4) is 0 Å². The maximum atomic E-state index is 5.57. The van der Waals surface area contributed by atoms with E-state index in [0.29, 0.717) is 5.92 Å². The predicted molar refractivity (Wildman–Crippen MR) is 72.1 cm³/mol. The molecule has 0 fully saturated rings. The zero-order valence-electron chi connectivity index (χ0n) is 10.9. The van der Waals surface area contributed by atoms with Crippen molar-refractivity contribution in [2.75, 3.05) is 6.54 Å². The summed E-state index contributed by atoms with van der Waals surface area (Å²) >= 11 is 0. The van der Waals surface area contributed by atoms with Gasteiger partial charge in [0.05, 0.1) is 6.26 Å². The molecule has 0 aliphatic carbocycles.